The lowest BCUT2D eigenvalue weighted by Gasteiger charge is -2.19. The molecule has 0 spiro atoms. The van der Waals surface area contributed by atoms with Crippen LogP contribution >= 0.6 is 0 Å². The summed E-state index contributed by atoms with van der Waals surface area (Å²) in [6.07, 6.45) is -4.24. The molecule has 1 amide bonds. The Morgan fingerprint density at radius 3 is 2.39 bits per heavy atom. The molecule has 4 aromatic rings. The molecule has 0 atom stereocenters. The van der Waals surface area contributed by atoms with Crippen molar-refractivity contribution in [3.63, 3.8) is 0 Å². The number of aromatic nitrogens is 2. The lowest BCUT2D eigenvalue weighted by Crippen LogP contribution is -2.29. The van der Waals surface area contributed by atoms with Crippen molar-refractivity contribution in [1.29, 1.82) is 0 Å². The number of alkyl halides is 3. The Labute approximate surface area is 216 Å². The summed E-state index contributed by atoms with van der Waals surface area (Å²) in [6.45, 7) is 1.51. The van der Waals surface area contributed by atoms with Crippen LogP contribution in [0.15, 0.2) is 72.8 Å². The fourth-order valence-corrected chi connectivity index (χ4v) is 4.76. The lowest BCUT2D eigenvalue weighted by atomic mass is 9.87. The Bertz CT molecular complexity index is 1460. The highest BCUT2D eigenvalue weighted by Crippen LogP contribution is 2.40. The minimum absolute atomic E-state index is 0.0718. The standard InChI is InChI=1S/C29H25F4N3O2/c30-28-23-17-21(10-13-25(23)34-35-28)27(24(18-29(31,32)33)19-5-2-1-3-6-19)20-8-11-22(12-9-20)38-16-15-36-14-4-7-26(36)37/h1-3,5-6,8-13,17H,4,7,14-16,18H2,(H,34,35). The van der Waals surface area contributed by atoms with Crippen LogP contribution in [0.4, 0.5) is 17.6 Å². The molecular weight excluding hydrogens is 498 g/mol. The second-order valence-electron chi connectivity index (χ2n) is 9.14. The van der Waals surface area contributed by atoms with Gasteiger partial charge in [0, 0.05) is 13.0 Å². The molecule has 0 radical (unpaired) electrons. The Morgan fingerprint density at radius 1 is 0.974 bits per heavy atom. The molecule has 1 N–H and O–H groups in total. The Morgan fingerprint density at radius 2 is 1.71 bits per heavy atom. The second-order valence-corrected chi connectivity index (χ2v) is 9.14. The number of allylic oxidation sites excluding steroid dienone is 1. The molecule has 2 heterocycles. The van der Waals surface area contributed by atoms with E-state index in [1.807, 2.05) is 0 Å². The predicted octanol–water partition coefficient (Wildman–Crippen LogP) is 6.61. The maximum absolute atomic E-state index is 14.3. The first-order valence-electron chi connectivity index (χ1n) is 12.3. The number of H-pyrrole nitrogens is 1. The van der Waals surface area contributed by atoms with Crippen LogP contribution in [-0.4, -0.2) is 46.9 Å². The monoisotopic (exact) mass is 523 g/mol. The van der Waals surface area contributed by atoms with Gasteiger partial charge in [0.25, 0.3) is 0 Å². The van der Waals surface area contributed by atoms with Gasteiger partial charge in [-0.25, -0.2) is 0 Å². The average molecular weight is 524 g/mol. The predicted molar refractivity (Wildman–Crippen MR) is 137 cm³/mol. The Kier molecular flexibility index (Phi) is 7.18. The topological polar surface area (TPSA) is 58.2 Å². The van der Waals surface area contributed by atoms with E-state index in [4.69, 9.17) is 4.74 Å². The molecule has 5 rings (SSSR count). The molecule has 1 aliphatic heterocycles. The Balaban J connectivity index is 1.55. The van der Waals surface area contributed by atoms with Crippen molar-refractivity contribution >= 4 is 28.0 Å². The molecule has 9 heteroatoms. The number of amides is 1. The second kappa shape index (κ2) is 10.7. The van der Waals surface area contributed by atoms with Gasteiger partial charge >= 0.3 is 6.18 Å². The number of nitrogens with zero attached hydrogens (tertiary/aromatic N) is 2. The molecule has 196 valence electrons. The number of hydrogen-bond donors (Lipinski definition) is 1. The zero-order chi connectivity index (χ0) is 26.7. The van der Waals surface area contributed by atoms with E-state index in [2.05, 4.69) is 10.2 Å². The number of carbonyl (C=O) groups is 1. The molecule has 0 unspecified atom stereocenters. The van der Waals surface area contributed by atoms with E-state index in [-0.39, 0.29) is 16.9 Å². The van der Waals surface area contributed by atoms with Crippen LogP contribution in [0.25, 0.3) is 22.0 Å². The SMILES string of the molecule is O=C1CCCN1CCOc1ccc(C(=C(CC(F)(F)F)c2ccccc2)c2ccc3n[nH]c(F)c3c2)cc1. The largest absolute Gasteiger partial charge is 0.492 e. The van der Waals surface area contributed by atoms with E-state index < -0.39 is 18.5 Å². The molecule has 0 saturated carbocycles. The van der Waals surface area contributed by atoms with Crippen molar-refractivity contribution in [2.24, 2.45) is 0 Å². The lowest BCUT2D eigenvalue weighted by molar-refractivity contribution is -0.128. The van der Waals surface area contributed by atoms with Gasteiger partial charge in [-0.15, -0.1) is 0 Å². The van der Waals surface area contributed by atoms with Crippen LogP contribution in [0.3, 0.4) is 0 Å². The maximum Gasteiger partial charge on any atom is 0.393 e. The van der Waals surface area contributed by atoms with E-state index in [9.17, 15) is 22.4 Å². The fraction of sp³-hybridized carbons (Fsp3) is 0.241. The molecule has 1 aromatic heterocycles. The van der Waals surface area contributed by atoms with Gasteiger partial charge in [-0.2, -0.15) is 22.7 Å². The van der Waals surface area contributed by atoms with Crippen molar-refractivity contribution in [2.75, 3.05) is 19.7 Å². The van der Waals surface area contributed by atoms with Gasteiger partial charge in [0.15, 0.2) is 0 Å². The van der Waals surface area contributed by atoms with Crippen molar-refractivity contribution in [2.45, 2.75) is 25.4 Å². The van der Waals surface area contributed by atoms with Crippen molar-refractivity contribution in [1.82, 2.24) is 15.1 Å². The Hall–Kier alpha value is -4.14. The first kappa shape index (κ1) is 25.5. The van der Waals surface area contributed by atoms with Gasteiger partial charge in [0.05, 0.1) is 23.9 Å². The summed E-state index contributed by atoms with van der Waals surface area (Å²) in [6, 6.07) is 19.9. The number of ether oxygens (including phenoxy) is 1. The number of likely N-dealkylation sites (tertiary alicyclic amines) is 1. The van der Waals surface area contributed by atoms with Gasteiger partial charge in [0.1, 0.15) is 12.4 Å². The van der Waals surface area contributed by atoms with E-state index in [1.165, 1.54) is 6.07 Å². The van der Waals surface area contributed by atoms with Crippen molar-refractivity contribution < 1.29 is 27.1 Å². The van der Waals surface area contributed by atoms with Gasteiger partial charge in [-0.1, -0.05) is 48.5 Å². The number of aromatic amines is 1. The molecule has 0 bridgehead atoms. The van der Waals surface area contributed by atoms with Gasteiger partial charge in [-0.05, 0) is 58.5 Å². The molecule has 1 saturated heterocycles. The minimum Gasteiger partial charge on any atom is -0.492 e. The van der Waals surface area contributed by atoms with Gasteiger partial charge < -0.3 is 9.64 Å². The van der Waals surface area contributed by atoms with E-state index in [1.54, 1.807) is 71.6 Å². The third-order valence-electron chi connectivity index (χ3n) is 6.54. The van der Waals surface area contributed by atoms with E-state index in [0.29, 0.717) is 53.1 Å². The van der Waals surface area contributed by atoms with E-state index in [0.717, 1.165) is 13.0 Å². The van der Waals surface area contributed by atoms with Crippen LogP contribution in [0, 0.1) is 5.95 Å². The van der Waals surface area contributed by atoms with Crippen LogP contribution in [0.5, 0.6) is 5.75 Å². The summed E-state index contributed by atoms with van der Waals surface area (Å²) in [7, 11) is 0. The minimum atomic E-state index is -4.47. The number of rotatable bonds is 8. The summed E-state index contributed by atoms with van der Waals surface area (Å²) in [5.41, 5.74) is 2.17. The van der Waals surface area contributed by atoms with Crippen LogP contribution in [0.1, 0.15) is 36.0 Å². The zero-order valence-corrected chi connectivity index (χ0v) is 20.4. The molecule has 5 nitrogen and oxygen atoms in total. The maximum atomic E-state index is 14.3. The highest BCUT2D eigenvalue weighted by Gasteiger charge is 2.31. The molecule has 1 fully saturated rings. The number of hydrogen-bond acceptors (Lipinski definition) is 3. The smallest absolute Gasteiger partial charge is 0.393 e. The van der Waals surface area contributed by atoms with E-state index >= 15 is 0 Å². The normalized spacial score (nSPS) is 14.7. The first-order valence-corrected chi connectivity index (χ1v) is 12.3. The van der Waals surface area contributed by atoms with Gasteiger partial charge in [0.2, 0.25) is 11.9 Å². The highest BCUT2D eigenvalue weighted by molar-refractivity contribution is 6.00. The summed E-state index contributed by atoms with van der Waals surface area (Å²) < 4.78 is 61.7. The average Bonchev–Trinajstić information content (AvgIpc) is 3.49. The number of nitrogens with one attached hydrogen (secondary N) is 1. The van der Waals surface area contributed by atoms with Crippen molar-refractivity contribution in [3.8, 4) is 5.75 Å². The third kappa shape index (κ3) is 5.72. The van der Waals surface area contributed by atoms with Crippen LogP contribution in [-0.2, 0) is 4.79 Å². The number of carbonyl (C=O) groups excluding carboxylic acids is 1. The third-order valence-corrected chi connectivity index (χ3v) is 6.54. The summed E-state index contributed by atoms with van der Waals surface area (Å²) >= 11 is 0. The number of benzene rings is 3. The first-order chi connectivity index (χ1) is 18.3. The fourth-order valence-electron chi connectivity index (χ4n) is 4.76. The number of halogens is 4. The molecule has 3 aromatic carbocycles. The van der Waals surface area contributed by atoms with Crippen molar-refractivity contribution in [3.05, 3.63) is 95.4 Å². The number of fused-ring (bicyclic) bond motifs is 1. The molecule has 0 aliphatic carbocycles. The summed E-state index contributed by atoms with van der Waals surface area (Å²) in [5, 5.41) is 6.36. The zero-order valence-electron chi connectivity index (χ0n) is 20.4. The summed E-state index contributed by atoms with van der Waals surface area (Å²) in [5.74, 6) is -0.00506. The molecule has 1 aliphatic rings. The summed E-state index contributed by atoms with van der Waals surface area (Å²) in [4.78, 5) is 13.5. The quantitative estimate of drug-likeness (QED) is 0.209. The molecule has 38 heavy (non-hydrogen) atoms. The van der Waals surface area contributed by atoms with Gasteiger partial charge in [-0.3, -0.25) is 9.89 Å². The van der Waals surface area contributed by atoms with Crippen LogP contribution in [0.2, 0.25) is 0 Å². The van der Waals surface area contributed by atoms with Crippen LogP contribution < -0.4 is 4.74 Å². The molecular formula is C29H25F4N3O2. The highest BCUT2D eigenvalue weighted by atomic mass is 19.4.